The summed E-state index contributed by atoms with van der Waals surface area (Å²) in [6, 6.07) is 6.00. The second kappa shape index (κ2) is 14.2. The van der Waals surface area contributed by atoms with E-state index in [0.717, 1.165) is 13.0 Å². The van der Waals surface area contributed by atoms with Crippen LogP contribution in [0, 0.1) is 11.8 Å². The smallest absolute Gasteiger partial charge is 0.331 e. The number of fused-ring (bicyclic) bond motifs is 3. The van der Waals surface area contributed by atoms with Crippen LogP contribution in [0.2, 0.25) is 0 Å². The highest BCUT2D eigenvalue weighted by molar-refractivity contribution is 5.87. The lowest BCUT2D eigenvalue weighted by atomic mass is 9.85. The van der Waals surface area contributed by atoms with Gasteiger partial charge in [0.1, 0.15) is 48.0 Å². The summed E-state index contributed by atoms with van der Waals surface area (Å²) in [6.07, 6.45) is -11.9. The van der Waals surface area contributed by atoms with Crippen LogP contribution in [-0.2, 0) is 47.5 Å². The summed E-state index contributed by atoms with van der Waals surface area (Å²) >= 11 is 0. The molecular formula is C32H40O17. The van der Waals surface area contributed by atoms with Crippen LogP contribution in [0.15, 0.2) is 42.7 Å². The van der Waals surface area contributed by atoms with Gasteiger partial charge in [-0.25, -0.2) is 4.79 Å². The number of aromatic hydroxyl groups is 1. The number of aliphatic hydroxyl groups is 6. The number of hydrogen-bond donors (Lipinski definition) is 7. The van der Waals surface area contributed by atoms with Gasteiger partial charge in [0.15, 0.2) is 24.8 Å². The number of ether oxygens (including phenoxy) is 8. The highest BCUT2D eigenvalue weighted by Gasteiger charge is 2.77. The average Bonchev–Trinajstić information content (AvgIpc) is 3.75. The first-order valence-corrected chi connectivity index (χ1v) is 15.8. The van der Waals surface area contributed by atoms with Crippen molar-refractivity contribution >= 4 is 18.0 Å². The van der Waals surface area contributed by atoms with Crippen LogP contribution in [0.1, 0.15) is 19.4 Å². The molecule has 5 aliphatic rings. The van der Waals surface area contributed by atoms with Crippen LogP contribution in [-0.4, -0.2) is 146 Å². The Hall–Kier alpha value is -3.20. The summed E-state index contributed by atoms with van der Waals surface area (Å²) in [5, 5.41) is 71.5. The van der Waals surface area contributed by atoms with Gasteiger partial charge in [-0.1, -0.05) is 12.1 Å². The Morgan fingerprint density at radius 3 is 2.29 bits per heavy atom. The molecule has 4 heterocycles. The highest BCUT2D eigenvalue weighted by Crippen LogP contribution is 2.61. The number of aliphatic hydroxyl groups excluding tert-OH is 6. The average molecular weight is 697 g/mol. The number of epoxide rings is 1. The highest BCUT2D eigenvalue weighted by atomic mass is 16.8. The van der Waals surface area contributed by atoms with Crippen molar-refractivity contribution in [3.05, 3.63) is 48.2 Å². The molecule has 49 heavy (non-hydrogen) atoms. The molecular weight excluding hydrogens is 656 g/mol. The number of benzene rings is 1. The van der Waals surface area contributed by atoms with Crippen molar-refractivity contribution in [1.82, 2.24) is 0 Å². The minimum absolute atomic E-state index is 0.0385. The Morgan fingerprint density at radius 1 is 0.878 bits per heavy atom. The largest absolute Gasteiger partial charge is 0.508 e. The lowest BCUT2D eigenvalue weighted by Gasteiger charge is -2.44. The minimum atomic E-state index is -1.72. The van der Waals surface area contributed by atoms with Gasteiger partial charge >= 0.3 is 11.9 Å². The second-order valence-electron chi connectivity index (χ2n) is 12.6. The number of phenols is 1. The van der Waals surface area contributed by atoms with Crippen molar-refractivity contribution in [2.75, 3.05) is 13.2 Å². The van der Waals surface area contributed by atoms with Gasteiger partial charge in [-0.3, -0.25) is 4.79 Å². The first kappa shape index (κ1) is 35.6. The van der Waals surface area contributed by atoms with E-state index in [4.69, 9.17) is 37.9 Å². The summed E-state index contributed by atoms with van der Waals surface area (Å²) in [7, 11) is 0. The molecule has 7 N–H and O–H groups in total. The SMILES string of the molecule is CC(=O)O[C@@H]1[C@@H](O)[C@H](C)O[C@@H](O[C@H]2[C@H]3C=CO[C@@H](O[C@@H]4O[C@H](CO)[C@@H](O)[C@H](O)[C@H]4O)[C@@H]3[C@@]3(CO)O[C@@H]23)[C@@H]1OC(=O)/C=C/c1ccc(O)cc1. The molecule has 4 fully saturated rings. The van der Waals surface area contributed by atoms with Crippen LogP contribution in [0.4, 0.5) is 0 Å². The summed E-state index contributed by atoms with van der Waals surface area (Å²) in [5.41, 5.74) is -0.699. The van der Waals surface area contributed by atoms with E-state index < -0.39 is 122 Å². The normalized spacial score (nSPS) is 44.1. The molecule has 270 valence electrons. The van der Waals surface area contributed by atoms with Crippen molar-refractivity contribution in [3.8, 4) is 5.75 Å². The van der Waals surface area contributed by atoms with Gasteiger partial charge in [-0.05, 0) is 36.8 Å². The molecule has 1 aliphatic carbocycles. The van der Waals surface area contributed by atoms with Crippen molar-refractivity contribution in [1.29, 1.82) is 0 Å². The summed E-state index contributed by atoms with van der Waals surface area (Å²) < 4.78 is 46.5. The maximum atomic E-state index is 13.0. The van der Waals surface area contributed by atoms with Gasteiger partial charge in [0, 0.05) is 18.9 Å². The second-order valence-corrected chi connectivity index (χ2v) is 12.6. The van der Waals surface area contributed by atoms with Crippen LogP contribution in [0.5, 0.6) is 5.75 Å². The fourth-order valence-corrected chi connectivity index (χ4v) is 6.93. The molecule has 1 saturated carbocycles. The molecule has 4 aliphatic heterocycles. The van der Waals surface area contributed by atoms with Gasteiger partial charge in [0.25, 0.3) is 0 Å². The number of hydrogen-bond acceptors (Lipinski definition) is 17. The summed E-state index contributed by atoms with van der Waals surface area (Å²) in [5.74, 6) is -3.02. The van der Waals surface area contributed by atoms with E-state index in [1.54, 1.807) is 18.2 Å². The van der Waals surface area contributed by atoms with E-state index in [1.807, 2.05) is 0 Å². The zero-order valence-corrected chi connectivity index (χ0v) is 26.4. The molecule has 17 nitrogen and oxygen atoms in total. The van der Waals surface area contributed by atoms with E-state index in [-0.39, 0.29) is 5.75 Å². The van der Waals surface area contributed by atoms with Gasteiger partial charge in [0.05, 0.1) is 37.6 Å². The van der Waals surface area contributed by atoms with E-state index in [2.05, 4.69) is 0 Å². The Kier molecular flexibility index (Phi) is 10.3. The molecule has 16 atom stereocenters. The third kappa shape index (κ3) is 6.81. The van der Waals surface area contributed by atoms with E-state index in [9.17, 15) is 45.3 Å². The Morgan fingerprint density at radius 2 is 1.61 bits per heavy atom. The van der Waals surface area contributed by atoms with Crippen LogP contribution in [0.3, 0.4) is 0 Å². The molecule has 0 amide bonds. The topological polar surface area (TPSA) is 253 Å². The van der Waals surface area contributed by atoms with Crippen molar-refractivity contribution in [2.45, 2.75) is 99.4 Å². The monoisotopic (exact) mass is 696 g/mol. The predicted molar refractivity (Wildman–Crippen MR) is 158 cm³/mol. The molecule has 0 bridgehead atoms. The Bertz CT molecular complexity index is 1400. The molecule has 0 radical (unpaired) electrons. The Balaban J connectivity index is 1.23. The number of rotatable bonds is 10. The fourth-order valence-electron chi connectivity index (χ4n) is 6.93. The van der Waals surface area contributed by atoms with Crippen molar-refractivity contribution < 1.29 is 83.2 Å². The third-order valence-electron chi connectivity index (χ3n) is 9.51. The van der Waals surface area contributed by atoms with E-state index in [1.165, 1.54) is 31.4 Å². The zero-order valence-electron chi connectivity index (χ0n) is 26.4. The molecule has 1 aromatic carbocycles. The van der Waals surface area contributed by atoms with Crippen molar-refractivity contribution in [2.24, 2.45) is 11.8 Å². The van der Waals surface area contributed by atoms with Crippen LogP contribution >= 0.6 is 0 Å². The standard InChI is InChI=1S/C32H40O17/c1-13-21(38)26(44-14(2)35)27(46-19(37)8-5-15-3-6-16(36)7-4-15)31(43-13)47-25-17-9-10-42-29(20(17)32(12-34)28(25)49-32)48-30-24(41)23(40)22(39)18(11-33)45-30/h3-10,13,17-18,20-31,33-34,36,38-41H,11-12H2,1-2H3/b8-5+/t13-,17-,18+,20+,21-,22+,23-,24+,25-,26+,27+,28-,29-,30-,31-,32+/m0/s1. The Labute approximate surface area is 279 Å². The van der Waals surface area contributed by atoms with E-state index >= 15 is 0 Å². The van der Waals surface area contributed by atoms with Crippen LogP contribution in [0.25, 0.3) is 6.08 Å². The lowest BCUT2D eigenvalue weighted by Crippen LogP contribution is -2.61. The summed E-state index contributed by atoms with van der Waals surface area (Å²) in [4.78, 5) is 25.1. The number of carbonyl (C=O) groups is 2. The molecule has 17 heteroatoms. The molecule has 0 aromatic heterocycles. The van der Waals surface area contributed by atoms with Gasteiger partial charge in [-0.2, -0.15) is 0 Å². The fraction of sp³-hybridized carbons (Fsp3) is 0.625. The molecule has 0 unspecified atom stereocenters. The van der Waals surface area contributed by atoms with Gasteiger partial charge in [0.2, 0.25) is 6.29 Å². The number of phenolic OH excluding ortho intramolecular Hbond substituents is 1. The first-order valence-electron chi connectivity index (χ1n) is 15.8. The molecule has 3 saturated heterocycles. The number of carbonyl (C=O) groups excluding carboxylic acids is 2. The quantitative estimate of drug-likeness (QED) is 0.0779. The van der Waals surface area contributed by atoms with Gasteiger partial charge < -0.3 is 73.6 Å². The van der Waals surface area contributed by atoms with E-state index in [0.29, 0.717) is 5.56 Å². The first-order chi connectivity index (χ1) is 23.4. The van der Waals surface area contributed by atoms with Gasteiger partial charge in [-0.15, -0.1) is 0 Å². The molecule has 1 aromatic rings. The molecule has 6 rings (SSSR count). The maximum Gasteiger partial charge on any atom is 0.331 e. The molecule has 0 spiro atoms. The maximum absolute atomic E-state index is 13.0. The van der Waals surface area contributed by atoms with Crippen molar-refractivity contribution in [3.63, 3.8) is 0 Å². The zero-order chi connectivity index (χ0) is 35.2. The summed E-state index contributed by atoms with van der Waals surface area (Å²) in [6.45, 7) is 1.46. The lowest BCUT2D eigenvalue weighted by molar-refractivity contribution is -0.347. The predicted octanol–water partition coefficient (Wildman–Crippen LogP) is -2.20. The van der Waals surface area contributed by atoms with Crippen LogP contribution < -0.4 is 0 Å². The number of esters is 2. The third-order valence-corrected chi connectivity index (χ3v) is 9.51. The minimum Gasteiger partial charge on any atom is -0.508 e.